The second-order valence-corrected chi connectivity index (χ2v) is 3.88. The van der Waals surface area contributed by atoms with Crippen molar-refractivity contribution in [3.8, 4) is 0 Å². The lowest BCUT2D eigenvalue weighted by Crippen LogP contribution is -2.03. The van der Waals surface area contributed by atoms with Crippen molar-refractivity contribution in [2.75, 3.05) is 0 Å². The lowest BCUT2D eigenvalue weighted by Gasteiger charge is -2.09. The van der Waals surface area contributed by atoms with Gasteiger partial charge < -0.3 is 9.97 Å². The van der Waals surface area contributed by atoms with Gasteiger partial charge in [0.1, 0.15) is 5.52 Å². The standard InChI is InChI=1S/C11H12N2O/c14-11-10-8(5-6-12-11)7-3-1-2-4-9(7)13-10/h5-6,13H,1-4H2,(H,12,14). The van der Waals surface area contributed by atoms with Gasteiger partial charge in [-0.2, -0.15) is 0 Å². The van der Waals surface area contributed by atoms with Crippen LogP contribution in [0.1, 0.15) is 24.1 Å². The van der Waals surface area contributed by atoms with Gasteiger partial charge in [-0.3, -0.25) is 4.79 Å². The molecule has 14 heavy (non-hydrogen) atoms. The minimum atomic E-state index is -0.00287. The summed E-state index contributed by atoms with van der Waals surface area (Å²) in [5.41, 5.74) is 3.37. The van der Waals surface area contributed by atoms with Crippen LogP contribution in [0.4, 0.5) is 0 Å². The van der Waals surface area contributed by atoms with Crippen LogP contribution in [-0.2, 0) is 12.8 Å². The molecule has 3 rings (SSSR count). The molecule has 0 aromatic carbocycles. The molecule has 0 amide bonds. The molecule has 2 heterocycles. The van der Waals surface area contributed by atoms with E-state index in [-0.39, 0.29) is 5.56 Å². The SMILES string of the molecule is O=c1[nH]ccc2c3c([nH]c12)CCCC3. The van der Waals surface area contributed by atoms with Gasteiger partial charge in [-0.15, -0.1) is 0 Å². The van der Waals surface area contributed by atoms with Crippen molar-refractivity contribution in [1.29, 1.82) is 0 Å². The fourth-order valence-electron chi connectivity index (χ4n) is 2.35. The number of pyridine rings is 1. The second-order valence-electron chi connectivity index (χ2n) is 3.88. The molecule has 1 aliphatic rings. The molecule has 0 saturated heterocycles. The Morgan fingerprint density at radius 3 is 3.00 bits per heavy atom. The Morgan fingerprint density at radius 2 is 2.07 bits per heavy atom. The maximum atomic E-state index is 11.5. The van der Waals surface area contributed by atoms with Crippen LogP contribution in [0.15, 0.2) is 17.1 Å². The number of hydrogen-bond donors (Lipinski definition) is 2. The Morgan fingerprint density at radius 1 is 1.21 bits per heavy atom. The fraction of sp³-hybridized carbons (Fsp3) is 0.364. The third-order valence-corrected chi connectivity index (χ3v) is 3.03. The summed E-state index contributed by atoms with van der Waals surface area (Å²) in [6.07, 6.45) is 6.40. The molecular weight excluding hydrogens is 176 g/mol. The molecule has 0 bridgehead atoms. The van der Waals surface area contributed by atoms with Crippen molar-refractivity contribution >= 4 is 10.9 Å². The van der Waals surface area contributed by atoms with Gasteiger partial charge in [-0.25, -0.2) is 0 Å². The first-order valence-corrected chi connectivity index (χ1v) is 5.07. The van der Waals surface area contributed by atoms with Gasteiger partial charge in [0.2, 0.25) is 0 Å². The average Bonchev–Trinajstić information content (AvgIpc) is 2.59. The first-order valence-electron chi connectivity index (χ1n) is 5.07. The van der Waals surface area contributed by atoms with E-state index in [1.807, 2.05) is 6.07 Å². The highest BCUT2D eigenvalue weighted by atomic mass is 16.1. The number of H-pyrrole nitrogens is 2. The first kappa shape index (κ1) is 7.85. The Balaban J connectivity index is 2.42. The maximum absolute atomic E-state index is 11.5. The molecule has 2 aromatic heterocycles. The van der Waals surface area contributed by atoms with Crippen LogP contribution in [0.2, 0.25) is 0 Å². The summed E-state index contributed by atoms with van der Waals surface area (Å²) in [4.78, 5) is 17.4. The van der Waals surface area contributed by atoms with Crippen molar-refractivity contribution in [3.05, 3.63) is 33.9 Å². The normalized spacial score (nSPS) is 15.7. The summed E-state index contributed by atoms with van der Waals surface area (Å²) >= 11 is 0. The minimum absolute atomic E-state index is 0.00287. The smallest absolute Gasteiger partial charge is 0.272 e. The van der Waals surface area contributed by atoms with Gasteiger partial charge >= 0.3 is 0 Å². The molecular formula is C11H12N2O. The summed E-state index contributed by atoms with van der Waals surface area (Å²) in [7, 11) is 0. The second kappa shape index (κ2) is 2.74. The number of aromatic amines is 2. The van der Waals surface area contributed by atoms with Gasteiger partial charge in [0, 0.05) is 17.3 Å². The summed E-state index contributed by atoms with van der Waals surface area (Å²) < 4.78 is 0. The Kier molecular flexibility index (Phi) is 1.54. The van der Waals surface area contributed by atoms with Gasteiger partial charge in [0.25, 0.3) is 5.56 Å². The molecule has 2 aromatic rings. The number of aryl methyl sites for hydroxylation is 2. The highest BCUT2D eigenvalue weighted by Gasteiger charge is 2.15. The molecule has 72 valence electrons. The van der Waals surface area contributed by atoms with Crippen molar-refractivity contribution in [3.63, 3.8) is 0 Å². The van der Waals surface area contributed by atoms with Gasteiger partial charge in [-0.05, 0) is 37.3 Å². The third-order valence-electron chi connectivity index (χ3n) is 3.03. The van der Waals surface area contributed by atoms with Crippen molar-refractivity contribution in [2.45, 2.75) is 25.7 Å². The van der Waals surface area contributed by atoms with E-state index in [0.717, 1.165) is 23.7 Å². The Hall–Kier alpha value is -1.51. The molecule has 3 nitrogen and oxygen atoms in total. The van der Waals surface area contributed by atoms with Crippen LogP contribution in [0, 0.1) is 0 Å². The lowest BCUT2D eigenvalue weighted by atomic mass is 9.96. The topological polar surface area (TPSA) is 48.6 Å². The maximum Gasteiger partial charge on any atom is 0.272 e. The molecule has 0 unspecified atom stereocenters. The van der Waals surface area contributed by atoms with Gasteiger partial charge in [0.05, 0.1) is 0 Å². The van der Waals surface area contributed by atoms with Crippen LogP contribution in [0.3, 0.4) is 0 Å². The van der Waals surface area contributed by atoms with Crippen LogP contribution in [-0.4, -0.2) is 9.97 Å². The molecule has 0 aliphatic heterocycles. The number of fused-ring (bicyclic) bond motifs is 3. The molecule has 0 radical (unpaired) electrons. The van der Waals surface area contributed by atoms with E-state index in [1.54, 1.807) is 6.20 Å². The molecule has 0 spiro atoms. The number of aromatic nitrogens is 2. The van der Waals surface area contributed by atoms with Gasteiger partial charge in [-0.1, -0.05) is 0 Å². The Labute approximate surface area is 81.2 Å². The van der Waals surface area contributed by atoms with E-state index in [0.29, 0.717) is 0 Å². The molecule has 0 saturated carbocycles. The Bertz CT molecular complexity index is 536. The van der Waals surface area contributed by atoms with E-state index in [2.05, 4.69) is 9.97 Å². The minimum Gasteiger partial charge on any atom is -0.354 e. The van der Waals surface area contributed by atoms with E-state index in [4.69, 9.17) is 0 Å². The zero-order chi connectivity index (χ0) is 9.54. The summed E-state index contributed by atoms with van der Waals surface area (Å²) in [5, 5.41) is 1.11. The van der Waals surface area contributed by atoms with E-state index < -0.39 is 0 Å². The van der Waals surface area contributed by atoms with Crippen molar-refractivity contribution in [2.24, 2.45) is 0 Å². The summed E-state index contributed by atoms with van der Waals surface area (Å²) in [5.74, 6) is 0. The predicted octanol–water partition coefficient (Wildman–Crippen LogP) is 1.73. The number of nitrogens with one attached hydrogen (secondary N) is 2. The number of rotatable bonds is 0. The van der Waals surface area contributed by atoms with Crippen molar-refractivity contribution in [1.82, 2.24) is 9.97 Å². The molecule has 1 aliphatic carbocycles. The van der Waals surface area contributed by atoms with Crippen molar-refractivity contribution < 1.29 is 0 Å². The lowest BCUT2D eigenvalue weighted by molar-refractivity contribution is 0.680. The van der Waals surface area contributed by atoms with Crippen LogP contribution in [0.5, 0.6) is 0 Å². The molecule has 3 heteroatoms. The summed E-state index contributed by atoms with van der Waals surface area (Å²) in [6, 6.07) is 2.00. The largest absolute Gasteiger partial charge is 0.354 e. The predicted molar refractivity (Wildman–Crippen MR) is 55.6 cm³/mol. The van der Waals surface area contributed by atoms with E-state index in [1.165, 1.54) is 24.1 Å². The summed E-state index contributed by atoms with van der Waals surface area (Å²) in [6.45, 7) is 0. The highest BCUT2D eigenvalue weighted by molar-refractivity contribution is 5.83. The fourth-order valence-corrected chi connectivity index (χ4v) is 2.35. The van der Waals surface area contributed by atoms with Crippen LogP contribution < -0.4 is 5.56 Å². The number of hydrogen-bond acceptors (Lipinski definition) is 1. The first-order chi connectivity index (χ1) is 6.86. The average molecular weight is 188 g/mol. The van der Waals surface area contributed by atoms with Crippen LogP contribution in [0.25, 0.3) is 10.9 Å². The molecule has 2 N–H and O–H groups in total. The van der Waals surface area contributed by atoms with E-state index in [9.17, 15) is 4.79 Å². The van der Waals surface area contributed by atoms with Crippen LogP contribution >= 0.6 is 0 Å². The van der Waals surface area contributed by atoms with Gasteiger partial charge in [0.15, 0.2) is 0 Å². The third kappa shape index (κ3) is 0.953. The highest BCUT2D eigenvalue weighted by Crippen LogP contribution is 2.26. The monoisotopic (exact) mass is 188 g/mol. The zero-order valence-electron chi connectivity index (χ0n) is 7.89. The quantitative estimate of drug-likeness (QED) is 0.650. The van der Waals surface area contributed by atoms with E-state index >= 15 is 0 Å². The molecule has 0 atom stereocenters. The molecule has 0 fully saturated rings. The zero-order valence-corrected chi connectivity index (χ0v) is 7.89.